The van der Waals surface area contributed by atoms with E-state index < -0.39 is 10.0 Å². The number of hydrogen-bond acceptors (Lipinski definition) is 6. The molecule has 1 saturated carbocycles. The van der Waals surface area contributed by atoms with E-state index in [1.807, 2.05) is 43.3 Å². The lowest BCUT2D eigenvalue weighted by Gasteiger charge is -2.32. The maximum atomic E-state index is 13.5. The molecule has 164 valence electrons. The summed E-state index contributed by atoms with van der Waals surface area (Å²) < 4.78 is 39.2. The molecule has 0 N–H and O–H groups in total. The molecule has 4 rings (SSSR count). The van der Waals surface area contributed by atoms with Crippen LogP contribution in [-0.2, 0) is 16.6 Å². The SMILES string of the molecule is COc1ccc(-c2noc(CN(C3CCCCC3)S(=O)(=O)c3ccc(C)cc3)n2)cc1. The molecular formula is C23H27N3O4S. The Balaban J connectivity index is 1.62. The number of sulfonamides is 1. The van der Waals surface area contributed by atoms with Crippen molar-refractivity contribution in [2.75, 3.05) is 7.11 Å². The fourth-order valence-electron chi connectivity index (χ4n) is 3.93. The molecule has 1 fully saturated rings. The van der Waals surface area contributed by atoms with Crippen molar-refractivity contribution in [1.29, 1.82) is 0 Å². The largest absolute Gasteiger partial charge is 0.497 e. The summed E-state index contributed by atoms with van der Waals surface area (Å²) in [5, 5.41) is 4.06. The van der Waals surface area contributed by atoms with E-state index in [-0.39, 0.29) is 18.5 Å². The van der Waals surface area contributed by atoms with Crippen LogP contribution in [0, 0.1) is 6.92 Å². The van der Waals surface area contributed by atoms with E-state index in [4.69, 9.17) is 9.26 Å². The van der Waals surface area contributed by atoms with E-state index in [0.29, 0.717) is 10.7 Å². The number of nitrogens with zero attached hydrogens (tertiary/aromatic N) is 3. The number of aromatic nitrogens is 2. The predicted molar refractivity (Wildman–Crippen MR) is 117 cm³/mol. The van der Waals surface area contributed by atoms with Crippen molar-refractivity contribution in [2.45, 2.75) is 56.5 Å². The van der Waals surface area contributed by atoms with E-state index >= 15 is 0 Å². The minimum absolute atomic E-state index is 0.0596. The first-order chi connectivity index (χ1) is 15.0. The summed E-state index contributed by atoms with van der Waals surface area (Å²) in [5.74, 6) is 1.45. The molecule has 2 aromatic carbocycles. The summed E-state index contributed by atoms with van der Waals surface area (Å²) in [6.07, 6.45) is 4.85. The number of ether oxygens (including phenoxy) is 1. The Kier molecular flexibility index (Phi) is 6.38. The molecule has 1 aliphatic carbocycles. The lowest BCUT2D eigenvalue weighted by molar-refractivity contribution is 0.223. The Bertz CT molecular complexity index is 1100. The average Bonchev–Trinajstić information content (AvgIpc) is 3.27. The van der Waals surface area contributed by atoms with Gasteiger partial charge in [-0.15, -0.1) is 0 Å². The average molecular weight is 442 g/mol. The number of aryl methyl sites for hydroxylation is 1. The van der Waals surface area contributed by atoms with Gasteiger partial charge in [-0.1, -0.05) is 42.1 Å². The zero-order chi connectivity index (χ0) is 21.8. The van der Waals surface area contributed by atoms with Crippen LogP contribution in [0.1, 0.15) is 43.6 Å². The van der Waals surface area contributed by atoms with Crippen LogP contribution in [0.25, 0.3) is 11.4 Å². The van der Waals surface area contributed by atoms with Crippen molar-refractivity contribution in [1.82, 2.24) is 14.4 Å². The minimum atomic E-state index is -3.69. The first-order valence-corrected chi connectivity index (χ1v) is 12.0. The van der Waals surface area contributed by atoms with Crippen molar-refractivity contribution >= 4 is 10.0 Å². The van der Waals surface area contributed by atoms with Gasteiger partial charge in [0.25, 0.3) is 0 Å². The van der Waals surface area contributed by atoms with Crippen LogP contribution in [0.15, 0.2) is 57.9 Å². The third kappa shape index (κ3) is 4.80. The van der Waals surface area contributed by atoms with Crippen molar-refractivity contribution < 1.29 is 17.7 Å². The van der Waals surface area contributed by atoms with Crippen LogP contribution in [-0.4, -0.2) is 36.0 Å². The molecule has 1 aliphatic rings. The third-order valence-corrected chi connectivity index (χ3v) is 7.63. The van der Waals surface area contributed by atoms with Crippen molar-refractivity contribution in [2.24, 2.45) is 0 Å². The van der Waals surface area contributed by atoms with Gasteiger partial charge in [0.15, 0.2) is 0 Å². The summed E-state index contributed by atoms with van der Waals surface area (Å²) in [5.41, 5.74) is 1.80. The molecule has 0 saturated heterocycles. The Hall–Kier alpha value is -2.71. The van der Waals surface area contributed by atoms with E-state index in [2.05, 4.69) is 10.1 Å². The highest BCUT2D eigenvalue weighted by Gasteiger charge is 2.34. The molecule has 0 aliphatic heterocycles. The van der Waals surface area contributed by atoms with Crippen LogP contribution in [0.4, 0.5) is 0 Å². The molecule has 3 aromatic rings. The summed E-state index contributed by atoms with van der Waals surface area (Å²) in [7, 11) is -2.08. The highest BCUT2D eigenvalue weighted by Crippen LogP contribution is 2.30. The monoisotopic (exact) mass is 441 g/mol. The number of benzene rings is 2. The molecular weight excluding hydrogens is 414 g/mol. The van der Waals surface area contributed by atoms with Gasteiger partial charge in [0, 0.05) is 11.6 Å². The normalized spacial score (nSPS) is 15.3. The van der Waals surface area contributed by atoms with Gasteiger partial charge in [0.2, 0.25) is 21.7 Å². The van der Waals surface area contributed by atoms with Gasteiger partial charge in [-0.05, 0) is 56.2 Å². The topological polar surface area (TPSA) is 85.5 Å². The second kappa shape index (κ2) is 9.20. The molecule has 1 heterocycles. The Labute approximate surface area is 183 Å². The molecule has 0 radical (unpaired) electrons. The van der Waals surface area contributed by atoms with Gasteiger partial charge in [0.05, 0.1) is 18.6 Å². The first kappa shape index (κ1) is 21.5. The zero-order valence-corrected chi connectivity index (χ0v) is 18.6. The lowest BCUT2D eigenvalue weighted by atomic mass is 9.95. The quantitative estimate of drug-likeness (QED) is 0.534. The molecule has 1 aromatic heterocycles. The van der Waals surface area contributed by atoms with Gasteiger partial charge in [0.1, 0.15) is 5.75 Å². The Morgan fingerprint density at radius 1 is 1.03 bits per heavy atom. The maximum Gasteiger partial charge on any atom is 0.243 e. The van der Waals surface area contributed by atoms with Gasteiger partial charge in [-0.25, -0.2) is 8.42 Å². The summed E-state index contributed by atoms with van der Waals surface area (Å²) in [6, 6.07) is 14.2. The standard InChI is InChI=1S/C23H27N3O4S/c1-17-8-14-21(15-9-17)31(27,28)26(19-6-4-3-5-7-19)16-22-24-23(25-30-22)18-10-12-20(29-2)13-11-18/h8-15,19H,3-7,16H2,1-2H3. The van der Waals surface area contributed by atoms with Gasteiger partial charge >= 0.3 is 0 Å². The molecule has 7 nitrogen and oxygen atoms in total. The molecule has 0 spiro atoms. The van der Waals surface area contributed by atoms with Crippen LogP contribution >= 0.6 is 0 Å². The van der Waals surface area contributed by atoms with Gasteiger partial charge in [-0.3, -0.25) is 0 Å². The molecule has 31 heavy (non-hydrogen) atoms. The minimum Gasteiger partial charge on any atom is -0.497 e. The van der Waals surface area contributed by atoms with Gasteiger partial charge in [-0.2, -0.15) is 9.29 Å². The van der Waals surface area contributed by atoms with E-state index in [1.165, 1.54) is 0 Å². The predicted octanol–water partition coefficient (Wildman–Crippen LogP) is 4.58. The molecule has 0 amide bonds. The van der Waals surface area contributed by atoms with Gasteiger partial charge < -0.3 is 9.26 Å². The second-order valence-corrected chi connectivity index (χ2v) is 9.79. The summed E-state index contributed by atoms with van der Waals surface area (Å²) in [4.78, 5) is 4.76. The van der Waals surface area contributed by atoms with Crippen molar-refractivity contribution in [3.8, 4) is 17.1 Å². The van der Waals surface area contributed by atoms with E-state index in [9.17, 15) is 8.42 Å². The smallest absolute Gasteiger partial charge is 0.243 e. The van der Waals surface area contributed by atoms with Crippen molar-refractivity contribution in [3.63, 3.8) is 0 Å². The fraction of sp³-hybridized carbons (Fsp3) is 0.391. The molecule has 0 unspecified atom stereocenters. The van der Waals surface area contributed by atoms with E-state index in [1.54, 1.807) is 23.5 Å². The molecule has 0 atom stereocenters. The Morgan fingerprint density at radius 2 is 1.71 bits per heavy atom. The highest BCUT2D eigenvalue weighted by atomic mass is 32.2. The number of rotatable bonds is 7. The zero-order valence-electron chi connectivity index (χ0n) is 17.8. The second-order valence-electron chi connectivity index (χ2n) is 7.90. The van der Waals surface area contributed by atoms with E-state index in [0.717, 1.165) is 49.0 Å². The van der Waals surface area contributed by atoms with Crippen LogP contribution in [0.2, 0.25) is 0 Å². The molecule has 8 heteroatoms. The number of methoxy groups -OCH3 is 1. The van der Waals surface area contributed by atoms with Crippen LogP contribution in [0.5, 0.6) is 5.75 Å². The number of hydrogen-bond donors (Lipinski definition) is 0. The van der Waals surface area contributed by atoms with Crippen molar-refractivity contribution in [3.05, 3.63) is 60.0 Å². The molecule has 0 bridgehead atoms. The lowest BCUT2D eigenvalue weighted by Crippen LogP contribution is -2.41. The first-order valence-electron chi connectivity index (χ1n) is 10.5. The fourth-order valence-corrected chi connectivity index (χ4v) is 5.57. The highest BCUT2D eigenvalue weighted by molar-refractivity contribution is 7.89. The van der Waals surface area contributed by atoms with Crippen LogP contribution in [0.3, 0.4) is 0 Å². The Morgan fingerprint density at radius 3 is 2.35 bits per heavy atom. The summed E-state index contributed by atoms with van der Waals surface area (Å²) >= 11 is 0. The maximum absolute atomic E-state index is 13.5. The van der Waals surface area contributed by atoms with Crippen LogP contribution < -0.4 is 4.74 Å². The third-order valence-electron chi connectivity index (χ3n) is 5.72. The summed E-state index contributed by atoms with van der Waals surface area (Å²) in [6.45, 7) is 2.00.